The lowest BCUT2D eigenvalue weighted by Crippen LogP contribution is -2.49. The van der Waals surface area contributed by atoms with Crippen LogP contribution < -0.4 is 4.90 Å². The van der Waals surface area contributed by atoms with Crippen molar-refractivity contribution >= 4 is 39.1 Å². The van der Waals surface area contributed by atoms with E-state index in [1.54, 1.807) is 24.3 Å². The summed E-state index contributed by atoms with van der Waals surface area (Å²) in [5, 5.41) is 0.396. The van der Waals surface area contributed by atoms with E-state index in [1.165, 1.54) is 29.0 Å². The van der Waals surface area contributed by atoms with Gasteiger partial charge in [-0.15, -0.1) is 0 Å². The van der Waals surface area contributed by atoms with Crippen molar-refractivity contribution < 1.29 is 27.1 Å². The SMILES string of the molecule is COC(=O)c1ccc(CN(C(=O)N2CCS(=O)(=O)CC2)c2cccc(Cl)c2)c(F)c1. The van der Waals surface area contributed by atoms with Gasteiger partial charge < -0.3 is 9.64 Å². The second-order valence-corrected chi connectivity index (χ2v) is 9.53. The minimum Gasteiger partial charge on any atom is -0.465 e. The molecule has 0 unspecified atom stereocenters. The number of carbonyl (C=O) groups is 2. The molecule has 160 valence electrons. The van der Waals surface area contributed by atoms with Gasteiger partial charge in [-0.2, -0.15) is 0 Å². The zero-order valence-electron chi connectivity index (χ0n) is 16.2. The molecule has 0 aromatic heterocycles. The standard InChI is InChI=1S/C20H20ClFN2O5S/c1-29-19(25)14-5-6-15(18(22)11-14)13-24(17-4-2-3-16(21)12-17)20(26)23-7-9-30(27,28)10-8-23/h2-6,11-12H,7-10,13H2,1H3. The zero-order chi connectivity index (χ0) is 21.9. The highest BCUT2D eigenvalue weighted by molar-refractivity contribution is 7.91. The fraction of sp³-hybridized carbons (Fsp3) is 0.300. The second kappa shape index (κ2) is 9.01. The van der Waals surface area contributed by atoms with Gasteiger partial charge in [-0.25, -0.2) is 22.4 Å². The van der Waals surface area contributed by atoms with E-state index in [2.05, 4.69) is 4.74 Å². The van der Waals surface area contributed by atoms with Gasteiger partial charge in [0.25, 0.3) is 0 Å². The van der Waals surface area contributed by atoms with Gasteiger partial charge in [0.15, 0.2) is 9.84 Å². The minimum atomic E-state index is -3.16. The summed E-state index contributed by atoms with van der Waals surface area (Å²) in [7, 11) is -1.96. The van der Waals surface area contributed by atoms with Crippen LogP contribution in [-0.4, -0.2) is 57.0 Å². The van der Waals surface area contributed by atoms with Crippen molar-refractivity contribution in [2.24, 2.45) is 0 Å². The molecule has 0 radical (unpaired) electrons. The Morgan fingerprint density at radius 1 is 1.17 bits per heavy atom. The molecule has 0 aliphatic carbocycles. The monoisotopic (exact) mass is 454 g/mol. The molecule has 0 bridgehead atoms. The molecule has 0 saturated carbocycles. The quantitative estimate of drug-likeness (QED) is 0.663. The first-order chi connectivity index (χ1) is 14.2. The van der Waals surface area contributed by atoms with Crippen LogP contribution in [0.3, 0.4) is 0 Å². The summed E-state index contributed by atoms with van der Waals surface area (Å²) in [5.41, 5.74) is 0.679. The van der Waals surface area contributed by atoms with Crippen LogP contribution in [0.15, 0.2) is 42.5 Å². The van der Waals surface area contributed by atoms with Crippen molar-refractivity contribution in [1.29, 1.82) is 0 Å². The number of benzene rings is 2. The summed E-state index contributed by atoms with van der Waals surface area (Å²) in [6, 6.07) is 9.96. The molecule has 1 aliphatic rings. The second-order valence-electron chi connectivity index (χ2n) is 6.79. The Hall–Kier alpha value is -2.65. The van der Waals surface area contributed by atoms with E-state index in [9.17, 15) is 22.4 Å². The highest BCUT2D eigenvalue weighted by Crippen LogP contribution is 2.25. The third-order valence-electron chi connectivity index (χ3n) is 4.77. The lowest BCUT2D eigenvalue weighted by Gasteiger charge is -2.33. The molecule has 0 N–H and O–H groups in total. The highest BCUT2D eigenvalue weighted by atomic mass is 35.5. The van der Waals surface area contributed by atoms with Crippen molar-refractivity contribution in [3.05, 3.63) is 64.4 Å². The average molecular weight is 455 g/mol. The van der Waals surface area contributed by atoms with E-state index in [0.717, 1.165) is 6.07 Å². The predicted molar refractivity (Wildman–Crippen MR) is 111 cm³/mol. The number of urea groups is 1. The van der Waals surface area contributed by atoms with Crippen molar-refractivity contribution in [3.63, 3.8) is 0 Å². The van der Waals surface area contributed by atoms with Gasteiger partial charge in [-0.3, -0.25) is 4.90 Å². The van der Waals surface area contributed by atoms with Gasteiger partial charge in [0.05, 0.1) is 30.7 Å². The molecule has 1 aliphatic heterocycles. The van der Waals surface area contributed by atoms with Gasteiger partial charge in [-0.1, -0.05) is 23.7 Å². The summed E-state index contributed by atoms with van der Waals surface area (Å²) >= 11 is 6.07. The first kappa shape index (κ1) is 22.0. The molecule has 2 amide bonds. The first-order valence-electron chi connectivity index (χ1n) is 9.09. The number of hydrogen-bond acceptors (Lipinski definition) is 5. The number of nitrogens with zero attached hydrogens (tertiary/aromatic N) is 2. The van der Waals surface area contributed by atoms with Crippen LogP contribution in [0, 0.1) is 5.82 Å². The van der Waals surface area contributed by atoms with Crippen LogP contribution >= 0.6 is 11.6 Å². The Kier molecular flexibility index (Phi) is 6.62. The summed E-state index contributed by atoms with van der Waals surface area (Å²) in [4.78, 5) is 27.5. The normalized spacial score (nSPS) is 15.5. The smallest absolute Gasteiger partial charge is 0.337 e. The molecular formula is C20H20ClFN2O5S. The molecule has 0 spiro atoms. The number of hydrogen-bond donors (Lipinski definition) is 0. The van der Waals surface area contributed by atoms with Crippen LogP contribution in [-0.2, 0) is 21.1 Å². The van der Waals surface area contributed by atoms with Crippen LogP contribution in [0.4, 0.5) is 14.9 Å². The first-order valence-corrected chi connectivity index (χ1v) is 11.3. The van der Waals surface area contributed by atoms with Crippen LogP contribution in [0.2, 0.25) is 5.02 Å². The van der Waals surface area contributed by atoms with E-state index >= 15 is 0 Å². The fourth-order valence-electron chi connectivity index (χ4n) is 3.08. The van der Waals surface area contributed by atoms with E-state index < -0.39 is 27.7 Å². The summed E-state index contributed by atoms with van der Waals surface area (Å²) in [6.45, 7) is -0.0142. The highest BCUT2D eigenvalue weighted by Gasteiger charge is 2.29. The number of halogens is 2. The third kappa shape index (κ3) is 5.09. The molecule has 1 fully saturated rings. The van der Waals surface area contributed by atoms with E-state index in [0.29, 0.717) is 10.7 Å². The number of carbonyl (C=O) groups excluding carboxylic acids is 2. The van der Waals surface area contributed by atoms with Crippen LogP contribution in [0.1, 0.15) is 15.9 Å². The van der Waals surface area contributed by atoms with E-state index in [1.807, 2.05) is 0 Å². The molecule has 1 saturated heterocycles. The maximum Gasteiger partial charge on any atom is 0.337 e. The van der Waals surface area contributed by atoms with E-state index in [4.69, 9.17) is 11.6 Å². The predicted octanol–water partition coefficient (Wildman–Crippen LogP) is 3.12. The van der Waals surface area contributed by atoms with Gasteiger partial charge in [0.2, 0.25) is 0 Å². The molecular weight excluding hydrogens is 435 g/mol. The fourth-order valence-corrected chi connectivity index (χ4v) is 4.46. The molecule has 3 rings (SSSR count). The minimum absolute atomic E-state index is 0.0561. The topological polar surface area (TPSA) is 84.0 Å². The van der Waals surface area contributed by atoms with Crippen molar-refractivity contribution in [2.75, 3.05) is 36.6 Å². The maximum atomic E-state index is 14.6. The van der Waals surface area contributed by atoms with Crippen molar-refractivity contribution in [1.82, 2.24) is 4.90 Å². The summed E-state index contributed by atoms with van der Waals surface area (Å²) in [6.07, 6.45) is 0. The van der Waals surface area contributed by atoms with Crippen molar-refractivity contribution in [2.45, 2.75) is 6.54 Å². The summed E-state index contributed by atoms with van der Waals surface area (Å²) in [5.74, 6) is -1.58. The maximum absolute atomic E-state index is 14.6. The lowest BCUT2D eigenvalue weighted by molar-refractivity contribution is 0.0600. The number of ether oxygens (including phenoxy) is 1. The van der Waals surface area contributed by atoms with Gasteiger partial charge in [0, 0.05) is 29.4 Å². The molecule has 2 aromatic carbocycles. The summed E-state index contributed by atoms with van der Waals surface area (Å²) < 4.78 is 42.6. The van der Waals surface area contributed by atoms with Gasteiger partial charge in [0.1, 0.15) is 5.82 Å². The molecule has 2 aromatic rings. The zero-order valence-corrected chi connectivity index (χ0v) is 17.7. The third-order valence-corrected chi connectivity index (χ3v) is 6.61. The number of sulfone groups is 1. The van der Waals surface area contributed by atoms with Crippen molar-refractivity contribution in [3.8, 4) is 0 Å². The van der Waals surface area contributed by atoms with Gasteiger partial charge in [-0.05, 0) is 30.3 Å². The Labute approximate surface area is 178 Å². The Morgan fingerprint density at radius 2 is 1.87 bits per heavy atom. The molecule has 0 atom stereocenters. The number of anilines is 1. The lowest BCUT2D eigenvalue weighted by atomic mass is 10.1. The molecule has 7 nitrogen and oxygen atoms in total. The number of amides is 2. The molecule has 1 heterocycles. The van der Waals surface area contributed by atoms with Crippen LogP contribution in [0.5, 0.6) is 0 Å². The average Bonchev–Trinajstić information content (AvgIpc) is 2.71. The number of esters is 1. The van der Waals surface area contributed by atoms with E-state index in [-0.39, 0.29) is 42.3 Å². The van der Waals surface area contributed by atoms with Gasteiger partial charge >= 0.3 is 12.0 Å². The molecule has 30 heavy (non-hydrogen) atoms. The molecule has 10 heteroatoms. The Morgan fingerprint density at radius 3 is 2.47 bits per heavy atom. The largest absolute Gasteiger partial charge is 0.465 e. The van der Waals surface area contributed by atoms with Crippen LogP contribution in [0.25, 0.3) is 0 Å². The Bertz CT molecular complexity index is 1060. The number of rotatable bonds is 4. The Balaban J connectivity index is 1.91. The number of methoxy groups -OCH3 is 1.